The van der Waals surface area contributed by atoms with Gasteiger partial charge in [-0.25, -0.2) is 4.98 Å². The molecule has 6 nitrogen and oxygen atoms in total. The first-order valence-electron chi connectivity index (χ1n) is 6.63. The maximum atomic E-state index is 11.5. The minimum Gasteiger partial charge on any atom is -0.508 e. The number of aliphatic hydroxyl groups excluding tert-OH is 1. The average molecular weight is 298 g/mol. The maximum Gasteiger partial charge on any atom is 0.188 e. The van der Waals surface area contributed by atoms with Crippen molar-refractivity contribution < 1.29 is 19.7 Å². The summed E-state index contributed by atoms with van der Waals surface area (Å²) in [6, 6.07) is 9.74. The number of carbonyl (C=O) groups excluding carboxylic acids is 1. The summed E-state index contributed by atoms with van der Waals surface area (Å²) >= 11 is 0. The Morgan fingerprint density at radius 3 is 2.82 bits per heavy atom. The molecule has 0 aliphatic rings. The van der Waals surface area contributed by atoms with Crippen LogP contribution in [0.15, 0.2) is 36.4 Å². The number of H-pyrrole nitrogens is 1. The number of ketones is 1. The van der Waals surface area contributed by atoms with E-state index >= 15 is 0 Å². The molecule has 0 aliphatic heterocycles. The highest BCUT2D eigenvalue weighted by molar-refractivity contribution is 5.99. The molecule has 3 aromatic rings. The number of benzene rings is 2. The van der Waals surface area contributed by atoms with Gasteiger partial charge in [-0.05, 0) is 30.3 Å². The van der Waals surface area contributed by atoms with Gasteiger partial charge in [0.25, 0.3) is 0 Å². The first-order chi connectivity index (χ1) is 10.6. The number of rotatable bonds is 4. The van der Waals surface area contributed by atoms with E-state index in [0.717, 1.165) is 0 Å². The predicted molar refractivity (Wildman–Crippen MR) is 81.2 cm³/mol. The van der Waals surface area contributed by atoms with Crippen molar-refractivity contribution in [3.63, 3.8) is 0 Å². The second-order valence-corrected chi connectivity index (χ2v) is 4.78. The monoisotopic (exact) mass is 298 g/mol. The highest BCUT2D eigenvalue weighted by atomic mass is 16.5. The fraction of sp³-hybridized carbons (Fsp3) is 0.125. The van der Waals surface area contributed by atoms with Gasteiger partial charge < -0.3 is 19.9 Å². The number of aromatic hydroxyl groups is 1. The van der Waals surface area contributed by atoms with E-state index in [9.17, 15) is 9.90 Å². The lowest BCUT2D eigenvalue weighted by Crippen LogP contribution is -2.03. The number of nitrogens with zero attached hydrogens (tertiary/aromatic N) is 1. The number of carbonyl (C=O) groups is 1. The van der Waals surface area contributed by atoms with Crippen molar-refractivity contribution in [3.8, 4) is 22.9 Å². The van der Waals surface area contributed by atoms with E-state index in [1.807, 2.05) is 0 Å². The fourth-order valence-electron chi connectivity index (χ4n) is 2.28. The zero-order valence-corrected chi connectivity index (χ0v) is 11.8. The second-order valence-electron chi connectivity index (χ2n) is 4.78. The number of imidazole rings is 1. The Labute approximate surface area is 126 Å². The Morgan fingerprint density at radius 1 is 1.27 bits per heavy atom. The number of phenols is 1. The predicted octanol–water partition coefficient (Wildman–Crippen LogP) is 2.12. The van der Waals surface area contributed by atoms with E-state index in [0.29, 0.717) is 33.7 Å². The van der Waals surface area contributed by atoms with Crippen molar-refractivity contribution in [2.24, 2.45) is 0 Å². The van der Waals surface area contributed by atoms with Gasteiger partial charge in [0, 0.05) is 11.6 Å². The molecule has 0 unspecified atom stereocenters. The van der Waals surface area contributed by atoms with Crippen LogP contribution in [0.25, 0.3) is 22.4 Å². The van der Waals surface area contributed by atoms with Crippen LogP contribution < -0.4 is 4.74 Å². The van der Waals surface area contributed by atoms with Crippen molar-refractivity contribution in [3.05, 3.63) is 42.0 Å². The summed E-state index contributed by atoms with van der Waals surface area (Å²) in [6.07, 6.45) is 0. The molecule has 2 aromatic carbocycles. The highest BCUT2D eigenvalue weighted by Crippen LogP contribution is 2.32. The number of aliphatic hydroxyl groups is 1. The minimum atomic E-state index is -0.529. The van der Waals surface area contributed by atoms with Crippen molar-refractivity contribution >= 4 is 16.8 Å². The topological polar surface area (TPSA) is 95.4 Å². The van der Waals surface area contributed by atoms with Gasteiger partial charge in [-0.15, -0.1) is 0 Å². The molecule has 1 heterocycles. The molecule has 6 heteroatoms. The lowest BCUT2D eigenvalue weighted by Gasteiger charge is -2.06. The van der Waals surface area contributed by atoms with Crippen LogP contribution >= 0.6 is 0 Å². The molecule has 0 saturated carbocycles. The van der Waals surface area contributed by atoms with E-state index in [4.69, 9.17) is 9.84 Å². The Morgan fingerprint density at radius 2 is 2.09 bits per heavy atom. The number of hydrogen-bond donors (Lipinski definition) is 3. The van der Waals surface area contributed by atoms with Gasteiger partial charge in [0.15, 0.2) is 5.78 Å². The molecule has 0 saturated heterocycles. The molecule has 3 rings (SSSR count). The number of fused-ring (bicyclic) bond motifs is 1. The maximum absolute atomic E-state index is 11.5. The van der Waals surface area contributed by atoms with Crippen LogP contribution in [0.1, 0.15) is 10.4 Å². The molecular weight excluding hydrogens is 284 g/mol. The molecule has 0 aliphatic carbocycles. The normalized spacial score (nSPS) is 10.8. The van der Waals surface area contributed by atoms with Gasteiger partial charge in [0.05, 0.1) is 23.7 Å². The van der Waals surface area contributed by atoms with Gasteiger partial charge in [0.1, 0.15) is 23.9 Å². The number of aromatic amines is 1. The quantitative estimate of drug-likeness (QED) is 0.641. The van der Waals surface area contributed by atoms with Crippen LogP contribution in [0.5, 0.6) is 11.5 Å². The Bertz CT molecular complexity index is 854. The molecule has 22 heavy (non-hydrogen) atoms. The second kappa shape index (κ2) is 5.50. The summed E-state index contributed by atoms with van der Waals surface area (Å²) in [5.41, 5.74) is 2.50. The summed E-state index contributed by atoms with van der Waals surface area (Å²) < 4.78 is 5.25. The number of ether oxygens (including phenoxy) is 1. The molecule has 112 valence electrons. The smallest absolute Gasteiger partial charge is 0.188 e. The zero-order valence-electron chi connectivity index (χ0n) is 11.8. The Hall–Kier alpha value is -2.86. The summed E-state index contributed by atoms with van der Waals surface area (Å²) in [4.78, 5) is 19.1. The Kier molecular flexibility index (Phi) is 3.52. The summed E-state index contributed by atoms with van der Waals surface area (Å²) in [7, 11) is 1.51. The molecule has 0 atom stereocenters. The average Bonchev–Trinajstić information content (AvgIpc) is 2.96. The molecule has 0 spiro atoms. The molecule has 1 aromatic heterocycles. The molecule has 0 radical (unpaired) electrons. The first-order valence-corrected chi connectivity index (χ1v) is 6.63. The minimum absolute atomic E-state index is 0.104. The van der Waals surface area contributed by atoms with Gasteiger partial charge in [-0.3, -0.25) is 4.79 Å². The molecule has 0 amide bonds. The highest BCUT2D eigenvalue weighted by Gasteiger charge is 2.13. The van der Waals surface area contributed by atoms with E-state index in [-0.39, 0.29) is 11.5 Å². The third kappa shape index (κ3) is 2.40. The summed E-state index contributed by atoms with van der Waals surface area (Å²) in [5, 5.41) is 18.4. The van der Waals surface area contributed by atoms with Crippen LogP contribution in [0.4, 0.5) is 0 Å². The van der Waals surface area contributed by atoms with E-state index < -0.39 is 6.61 Å². The van der Waals surface area contributed by atoms with Gasteiger partial charge in [-0.2, -0.15) is 0 Å². The first kappa shape index (κ1) is 14.1. The number of aromatic nitrogens is 2. The van der Waals surface area contributed by atoms with Gasteiger partial charge in [-0.1, -0.05) is 0 Å². The number of methoxy groups -OCH3 is 1. The van der Waals surface area contributed by atoms with Gasteiger partial charge in [0.2, 0.25) is 0 Å². The molecule has 0 fully saturated rings. The van der Waals surface area contributed by atoms with Crippen LogP contribution in [-0.2, 0) is 0 Å². The molecular formula is C16H14N2O4. The molecule has 3 N–H and O–H groups in total. The standard InChI is InChI=1S/C16H14N2O4/c1-22-15-7-10(20)3-4-11(15)16-17-12-5-2-9(14(21)8-19)6-13(12)18-16/h2-7,19-20H,8H2,1H3,(H,17,18). The van der Waals surface area contributed by atoms with Crippen molar-refractivity contribution in [2.75, 3.05) is 13.7 Å². The van der Waals surface area contributed by atoms with Crippen LogP contribution in [0.2, 0.25) is 0 Å². The van der Waals surface area contributed by atoms with Crippen molar-refractivity contribution in [1.29, 1.82) is 0 Å². The summed E-state index contributed by atoms with van der Waals surface area (Å²) in [6.45, 7) is -0.529. The van der Waals surface area contributed by atoms with Crippen molar-refractivity contribution in [1.82, 2.24) is 9.97 Å². The van der Waals surface area contributed by atoms with E-state index in [1.54, 1.807) is 30.3 Å². The third-order valence-corrected chi connectivity index (χ3v) is 3.39. The van der Waals surface area contributed by atoms with Crippen molar-refractivity contribution in [2.45, 2.75) is 0 Å². The van der Waals surface area contributed by atoms with Crippen LogP contribution in [-0.4, -0.2) is 39.7 Å². The molecule has 0 bridgehead atoms. The van der Waals surface area contributed by atoms with Gasteiger partial charge >= 0.3 is 0 Å². The number of phenolic OH excluding ortho intramolecular Hbond substituents is 1. The fourth-order valence-corrected chi connectivity index (χ4v) is 2.28. The van der Waals surface area contributed by atoms with E-state index in [1.165, 1.54) is 13.2 Å². The van der Waals surface area contributed by atoms with Crippen LogP contribution in [0.3, 0.4) is 0 Å². The van der Waals surface area contributed by atoms with Crippen LogP contribution in [0, 0.1) is 0 Å². The SMILES string of the molecule is COc1cc(O)ccc1-c1nc2ccc(C(=O)CO)cc2[nH]1. The lowest BCUT2D eigenvalue weighted by atomic mass is 10.1. The Balaban J connectivity index is 2.11. The zero-order chi connectivity index (χ0) is 15.7. The van der Waals surface area contributed by atoms with E-state index in [2.05, 4.69) is 9.97 Å². The largest absolute Gasteiger partial charge is 0.508 e. The number of Topliss-reactive ketones (excluding diaryl/α,β-unsaturated/α-hetero) is 1. The number of nitrogens with one attached hydrogen (secondary N) is 1. The lowest BCUT2D eigenvalue weighted by molar-refractivity contribution is 0.0904. The number of hydrogen-bond acceptors (Lipinski definition) is 5. The summed E-state index contributed by atoms with van der Waals surface area (Å²) in [5.74, 6) is 0.818. The third-order valence-electron chi connectivity index (χ3n) is 3.39.